The van der Waals surface area contributed by atoms with Gasteiger partial charge in [-0.2, -0.15) is 0 Å². The van der Waals surface area contributed by atoms with Crippen LogP contribution in [0.5, 0.6) is 0 Å². The first kappa shape index (κ1) is 20.8. The van der Waals surface area contributed by atoms with E-state index >= 15 is 0 Å². The molecule has 2 fully saturated rings. The molecule has 1 saturated heterocycles. The Hall–Kier alpha value is -3.78. The number of hydrogen-bond acceptors (Lipinski definition) is 6. The number of nitrogens with zero attached hydrogens (tertiary/aromatic N) is 6. The summed E-state index contributed by atoms with van der Waals surface area (Å²) in [6, 6.07) is 12.5. The summed E-state index contributed by atoms with van der Waals surface area (Å²) in [5.74, 6) is 1.20. The van der Waals surface area contributed by atoms with Crippen LogP contribution in [0.3, 0.4) is 0 Å². The van der Waals surface area contributed by atoms with Crippen molar-refractivity contribution in [3.05, 3.63) is 66.9 Å². The maximum Gasteiger partial charge on any atom is 0.257 e. The van der Waals surface area contributed by atoms with E-state index in [2.05, 4.69) is 42.2 Å². The first-order valence-corrected chi connectivity index (χ1v) is 11.8. The van der Waals surface area contributed by atoms with Gasteiger partial charge in [-0.05, 0) is 42.5 Å². The fraction of sp³-hybridized carbons (Fsp3) is 0.308. The van der Waals surface area contributed by atoms with E-state index in [1.165, 1.54) is 12.8 Å². The minimum atomic E-state index is -0.185. The van der Waals surface area contributed by atoms with Crippen molar-refractivity contribution in [3.8, 4) is 11.3 Å². The third-order valence-corrected chi connectivity index (χ3v) is 6.78. The van der Waals surface area contributed by atoms with Crippen LogP contribution < -0.4 is 10.2 Å². The predicted octanol–water partition coefficient (Wildman–Crippen LogP) is 3.57. The van der Waals surface area contributed by atoms with Gasteiger partial charge < -0.3 is 14.8 Å². The average Bonchev–Trinajstić information content (AvgIpc) is 3.64. The Bertz CT molecular complexity index is 1350. The molecule has 0 spiro atoms. The Morgan fingerprint density at radius 3 is 2.59 bits per heavy atom. The molecule has 1 aromatic carbocycles. The lowest BCUT2D eigenvalue weighted by Gasteiger charge is -2.35. The van der Waals surface area contributed by atoms with Gasteiger partial charge in [-0.15, -0.1) is 0 Å². The monoisotopic (exact) mass is 453 g/mol. The zero-order valence-corrected chi connectivity index (χ0v) is 19.2. The van der Waals surface area contributed by atoms with Crippen LogP contribution in [-0.4, -0.2) is 62.5 Å². The molecule has 1 saturated carbocycles. The van der Waals surface area contributed by atoms with Crippen LogP contribution >= 0.6 is 0 Å². The number of rotatable bonds is 5. The Morgan fingerprint density at radius 2 is 1.82 bits per heavy atom. The molecule has 8 heteroatoms. The van der Waals surface area contributed by atoms with Crippen molar-refractivity contribution in [2.45, 2.75) is 18.9 Å². The number of amides is 1. The molecule has 34 heavy (non-hydrogen) atoms. The highest BCUT2D eigenvalue weighted by atomic mass is 16.1. The van der Waals surface area contributed by atoms with Crippen molar-refractivity contribution >= 4 is 28.3 Å². The lowest BCUT2D eigenvalue weighted by molar-refractivity contribution is 0.102. The topological polar surface area (TPSA) is 79.2 Å². The number of fused-ring (bicyclic) bond motifs is 1. The highest BCUT2D eigenvalue weighted by molar-refractivity contribution is 6.05. The molecule has 0 radical (unpaired) electrons. The minimum absolute atomic E-state index is 0.185. The minimum Gasteiger partial charge on any atom is -0.354 e. The van der Waals surface area contributed by atoms with Crippen LogP contribution in [0.1, 0.15) is 23.2 Å². The zero-order valence-electron chi connectivity index (χ0n) is 19.2. The molecule has 172 valence electrons. The van der Waals surface area contributed by atoms with Gasteiger partial charge in [0.15, 0.2) is 0 Å². The number of aromatic nitrogens is 4. The van der Waals surface area contributed by atoms with Crippen LogP contribution in [0.25, 0.3) is 22.0 Å². The molecule has 6 rings (SSSR count). The van der Waals surface area contributed by atoms with Gasteiger partial charge in [0.05, 0.1) is 18.2 Å². The fourth-order valence-electron chi connectivity index (χ4n) is 4.68. The maximum atomic E-state index is 13.0. The summed E-state index contributed by atoms with van der Waals surface area (Å²) in [4.78, 5) is 31.0. The van der Waals surface area contributed by atoms with Gasteiger partial charge in [-0.25, -0.2) is 15.0 Å². The predicted molar refractivity (Wildman–Crippen MR) is 133 cm³/mol. The largest absolute Gasteiger partial charge is 0.354 e. The van der Waals surface area contributed by atoms with Gasteiger partial charge in [-0.1, -0.05) is 12.1 Å². The maximum absolute atomic E-state index is 13.0. The van der Waals surface area contributed by atoms with Crippen LogP contribution in [0, 0.1) is 0 Å². The normalized spacial score (nSPS) is 16.7. The number of piperazine rings is 1. The molecule has 8 nitrogen and oxygen atoms in total. The van der Waals surface area contributed by atoms with Crippen LogP contribution in [0.2, 0.25) is 0 Å². The first-order valence-electron chi connectivity index (χ1n) is 11.8. The number of carbonyl (C=O) groups is 1. The molecule has 3 aromatic heterocycles. The molecule has 1 amide bonds. The SMILES string of the molecule is Cn1cncc1-c1ccc2cnc(NC(=O)c3ccnc(N4CCN(C5CC5)CC4)c3)cc2c1. The molecule has 0 atom stereocenters. The van der Waals surface area contributed by atoms with E-state index in [9.17, 15) is 4.79 Å². The molecular formula is C26H27N7O. The third-order valence-electron chi connectivity index (χ3n) is 6.78. The molecule has 1 N–H and O–H groups in total. The summed E-state index contributed by atoms with van der Waals surface area (Å²) in [6.07, 6.45) is 9.80. The number of benzene rings is 1. The number of anilines is 2. The van der Waals surface area contributed by atoms with Crippen molar-refractivity contribution in [3.63, 3.8) is 0 Å². The molecule has 2 aliphatic rings. The van der Waals surface area contributed by atoms with Crippen molar-refractivity contribution in [2.24, 2.45) is 7.05 Å². The van der Waals surface area contributed by atoms with Gasteiger partial charge in [-0.3, -0.25) is 9.69 Å². The number of pyridine rings is 2. The Morgan fingerprint density at radius 1 is 0.971 bits per heavy atom. The first-order chi connectivity index (χ1) is 16.6. The lowest BCUT2D eigenvalue weighted by Crippen LogP contribution is -2.47. The fourth-order valence-corrected chi connectivity index (χ4v) is 4.68. The quantitative estimate of drug-likeness (QED) is 0.498. The number of hydrogen-bond donors (Lipinski definition) is 1. The number of imidazole rings is 1. The summed E-state index contributed by atoms with van der Waals surface area (Å²) in [6.45, 7) is 4.01. The summed E-state index contributed by atoms with van der Waals surface area (Å²) in [7, 11) is 1.97. The second-order valence-electron chi connectivity index (χ2n) is 9.13. The standard InChI is InChI=1S/C26H27N7O/c1-31-17-27-16-23(31)18-2-3-20-15-29-24(13-21(20)12-18)30-26(34)19-6-7-28-25(14-19)33-10-8-32(9-11-33)22-4-5-22/h2-3,6-7,12-17,22H,4-5,8-11H2,1H3,(H,29,30,34). The molecule has 4 aromatic rings. The van der Waals surface area contributed by atoms with Crippen LogP contribution in [0.15, 0.2) is 61.3 Å². The van der Waals surface area contributed by atoms with E-state index in [1.54, 1.807) is 24.8 Å². The van der Waals surface area contributed by atoms with Gasteiger partial charge in [0.1, 0.15) is 11.6 Å². The zero-order chi connectivity index (χ0) is 23.1. The lowest BCUT2D eigenvalue weighted by atomic mass is 10.1. The van der Waals surface area contributed by atoms with E-state index in [-0.39, 0.29) is 5.91 Å². The van der Waals surface area contributed by atoms with Crippen LogP contribution in [-0.2, 0) is 7.05 Å². The van der Waals surface area contributed by atoms with Gasteiger partial charge >= 0.3 is 0 Å². The van der Waals surface area contributed by atoms with Gasteiger partial charge in [0, 0.05) is 68.2 Å². The average molecular weight is 454 g/mol. The van der Waals surface area contributed by atoms with E-state index in [0.717, 1.165) is 60.1 Å². The second-order valence-corrected chi connectivity index (χ2v) is 9.13. The highest BCUT2D eigenvalue weighted by Gasteiger charge is 2.31. The van der Waals surface area contributed by atoms with E-state index < -0.39 is 0 Å². The number of nitrogens with one attached hydrogen (secondary N) is 1. The summed E-state index contributed by atoms with van der Waals surface area (Å²) < 4.78 is 1.98. The number of aryl methyl sites for hydroxylation is 1. The van der Waals surface area contributed by atoms with Gasteiger partial charge in [0.25, 0.3) is 5.91 Å². The van der Waals surface area contributed by atoms with E-state index in [4.69, 9.17) is 0 Å². The van der Waals surface area contributed by atoms with Gasteiger partial charge in [0.2, 0.25) is 0 Å². The molecule has 0 unspecified atom stereocenters. The van der Waals surface area contributed by atoms with Crippen molar-refractivity contribution in [1.82, 2.24) is 24.4 Å². The third kappa shape index (κ3) is 4.12. The summed E-state index contributed by atoms with van der Waals surface area (Å²) in [5.41, 5.74) is 2.68. The Labute approximate surface area is 198 Å². The summed E-state index contributed by atoms with van der Waals surface area (Å²) in [5, 5.41) is 4.98. The van der Waals surface area contributed by atoms with Crippen molar-refractivity contribution in [1.29, 1.82) is 0 Å². The van der Waals surface area contributed by atoms with E-state index in [1.807, 2.05) is 36.0 Å². The molecule has 4 heterocycles. The molecule has 1 aliphatic carbocycles. The molecular weight excluding hydrogens is 426 g/mol. The highest BCUT2D eigenvalue weighted by Crippen LogP contribution is 2.28. The summed E-state index contributed by atoms with van der Waals surface area (Å²) >= 11 is 0. The van der Waals surface area contributed by atoms with Crippen molar-refractivity contribution < 1.29 is 4.79 Å². The molecule has 1 aliphatic heterocycles. The number of carbonyl (C=O) groups excluding carboxylic acids is 1. The van der Waals surface area contributed by atoms with Crippen LogP contribution in [0.4, 0.5) is 11.6 Å². The van der Waals surface area contributed by atoms with E-state index in [0.29, 0.717) is 11.4 Å². The smallest absolute Gasteiger partial charge is 0.257 e. The molecule has 0 bridgehead atoms. The Kier molecular flexibility index (Phi) is 5.22. The Balaban J connectivity index is 1.18. The van der Waals surface area contributed by atoms with Crippen molar-refractivity contribution in [2.75, 3.05) is 36.4 Å². The second kappa shape index (κ2) is 8.53.